The van der Waals surface area contributed by atoms with Gasteiger partial charge in [0.15, 0.2) is 11.5 Å². The van der Waals surface area contributed by atoms with E-state index in [0.717, 1.165) is 5.56 Å². The molecule has 0 saturated carbocycles. The molecule has 1 aliphatic heterocycles. The smallest absolute Gasteiger partial charge is 0.317 e. The average Bonchev–Trinajstić information content (AvgIpc) is 2.64. The van der Waals surface area contributed by atoms with Crippen LogP contribution < -0.4 is 9.47 Å². The third-order valence-electron chi connectivity index (χ3n) is 2.12. The minimum atomic E-state index is -0.868. The van der Waals surface area contributed by atoms with E-state index >= 15 is 0 Å². The van der Waals surface area contributed by atoms with Crippen LogP contribution in [0.4, 0.5) is 0 Å². The summed E-state index contributed by atoms with van der Waals surface area (Å²) >= 11 is 3.09. The van der Waals surface area contributed by atoms with Gasteiger partial charge in [0.25, 0.3) is 0 Å². The highest BCUT2D eigenvalue weighted by Crippen LogP contribution is 2.33. The monoisotopic (exact) mass is 272 g/mol. The number of alkyl halides is 1. The van der Waals surface area contributed by atoms with Crippen molar-refractivity contribution >= 4 is 21.9 Å². The molecule has 1 N–H and O–H groups in total. The number of carboxylic acid groups (broad SMARTS) is 1. The van der Waals surface area contributed by atoms with Gasteiger partial charge in [-0.25, -0.2) is 0 Å². The number of rotatable bonds is 3. The van der Waals surface area contributed by atoms with Gasteiger partial charge in [0, 0.05) is 0 Å². The predicted octanol–water partition coefficient (Wildman–Crippen LogP) is 1.81. The minimum Gasteiger partial charge on any atom is -0.480 e. The number of fused-ring (bicyclic) bond motifs is 1. The lowest BCUT2D eigenvalue weighted by Crippen LogP contribution is -2.15. The first kappa shape index (κ1) is 10.3. The Morgan fingerprint density at radius 2 is 2.20 bits per heavy atom. The number of ether oxygens (including phenoxy) is 2. The van der Waals surface area contributed by atoms with Crippen LogP contribution in [0.1, 0.15) is 5.56 Å². The summed E-state index contributed by atoms with van der Waals surface area (Å²) in [6, 6.07) is 5.43. The van der Waals surface area contributed by atoms with Crippen molar-refractivity contribution in [1.82, 2.24) is 0 Å². The quantitative estimate of drug-likeness (QED) is 0.853. The molecular weight excluding hydrogens is 264 g/mol. The van der Waals surface area contributed by atoms with Gasteiger partial charge in [-0.15, -0.1) is 0 Å². The van der Waals surface area contributed by atoms with Gasteiger partial charge in [-0.2, -0.15) is 0 Å². The maximum absolute atomic E-state index is 10.6. The molecule has 2 rings (SSSR count). The first-order valence-electron chi connectivity index (χ1n) is 4.42. The Balaban J connectivity index is 2.13. The van der Waals surface area contributed by atoms with E-state index < -0.39 is 10.8 Å². The van der Waals surface area contributed by atoms with Gasteiger partial charge >= 0.3 is 5.97 Å². The highest BCUT2D eigenvalue weighted by Gasteiger charge is 2.17. The molecule has 0 bridgehead atoms. The van der Waals surface area contributed by atoms with E-state index in [4.69, 9.17) is 14.6 Å². The van der Waals surface area contributed by atoms with Crippen LogP contribution in [0.15, 0.2) is 18.2 Å². The number of benzene rings is 1. The van der Waals surface area contributed by atoms with E-state index in [2.05, 4.69) is 15.9 Å². The summed E-state index contributed by atoms with van der Waals surface area (Å²) in [5.74, 6) is 0.519. The van der Waals surface area contributed by atoms with Crippen LogP contribution in [0.5, 0.6) is 11.5 Å². The number of halogens is 1. The molecule has 0 saturated heterocycles. The second-order valence-corrected chi connectivity index (χ2v) is 4.30. The molecule has 80 valence electrons. The lowest BCUT2D eigenvalue weighted by Gasteiger charge is -2.05. The standard InChI is InChI=1S/C10H9BrO4/c11-7(10(12)13)3-6-1-2-8-9(4-6)15-5-14-8/h1-2,4,7H,3,5H2,(H,12,13). The fraction of sp³-hybridized carbons (Fsp3) is 0.300. The van der Waals surface area contributed by atoms with Crippen molar-refractivity contribution < 1.29 is 19.4 Å². The number of aliphatic carboxylic acids is 1. The molecule has 4 nitrogen and oxygen atoms in total. The lowest BCUT2D eigenvalue weighted by molar-refractivity contribution is -0.136. The van der Waals surface area contributed by atoms with E-state index in [1.807, 2.05) is 6.07 Å². The second-order valence-electron chi connectivity index (χ2n) is 3.20. The summed E-state index contributed by atoms with van der Waals surface area (Å²) in [4.78, 5) is 10.1. The third kappa shape index (κ3) is 2.23. The Labute approximate surface area is 94.9 Å². The molecule has 1 heterocycles. The van der Waals surface area contributed by atoms with Gasteiger partial charge < -0.3 is 14.6 Å². The Hall–Kier alpha value is -1.23. The molecule has 0 aromatic heterocycles. The van der Waals surface area contributed by atoms with Gasteiger partial charge in [-0.1, -0.05) is 22.0 Å². The van der Waals surface area contributed by atoms with Crippen molar-refractivity contribution in [2.45, 2.75) is 11.2 Å². The van der Waals surface area contributed by atoms with Crippen molar-refractivity contribution in [3.05, 3.63) is 23.8 Å². The summed E-state index contributed by atoms with van der Waals surface area (Å²) in [6.45, 7) is 0.232. The zero-order valence-corrected chi connectivity index (χ0v) is 9.36. The predicted molar refractivity (Wildman–Crippen MR) is 56.6 cm³/mol. The van der Waals surface area contributed by atoms with Gasteiger partial charge in [0.1, 0.15) is 4.83 Å². The highest BCUT2D eigenvalue weighted by atomic mass is 79.9. The largest absolute Gasteiger partial charge is 0.480 e. The van der Waals surface area contributed by atoms with Crippen molar-refractivity contribution in [3.63, 3.8) is 0 Å². The van der Waals surface area contributed by atoms with E-state index in [1.165, 1.54) is 0 Å². The summed E-state index contributed by atoms with van der Waals surface area (Å²) in [5, 5.41) is 8.73. The second kappa shape index (κ2) is 4.10. The molecule has 15 heavy (non-hydrogen) atoms. The number of carboxylic acids is 1. The lowest BCUT2D eigenvalue weighted by atomic mass is 10.1. The molecule has 1 aliphatic rings. The van der Waals surface area contributed by atoms with Crippen molar-refractivity contribution in [2.75, 3.05) is 6.79 Å². The van der Waals surface area contributed by atoms with Crippen molar-refractivity contribution in [1.29, 1.82) is 0 Å². The van der Waals surface area contributed by atoms with Crippen molar-refractivity contribution in [2.24, 2.45) is 0 Å². The molecule has 0 amide bonds. The Morgan fingerprint density at radius 1 is 1.47 bits per heavy atom. The summed E-state index contributed by atoms with van der Waals surface area (Å²) in [6.07, 6.45) is 0.423. The van der Waals surface area contributed by atoms with E-state index in [-0.39, 0.29) is 6.79 Å². The summed E-state index contributed by atoms with van der Waals surface area (Å²) in [5.41, 5.74) is 0.906. The first-order chi connectivity index (χ1) is 7.16. The molecule has 0 fully saturated rings. The van der Waals surface area contributed by atoms with E-state index in [1.54, 1.807) is 12.1 Å². The minimum absolute atomic E-state index is 0.232. The molecule has 0 spiro atoms. The molecule has 1 atom stereocenters. The van der Waals surface area contributed by atoms with Crippen LogP contribution in [-0.4, -0.2) is 22.7 Å². The van der Waals surface area contributed by atoms with Crippen LogP contribution in [0.2, 0.25) is 0 Å². The Kier molecular flexibility index (Phi) is 2.81. The van der Waals surface area contributed by atoms with Crippen LogP contribution in [0.3, 0.4) is 0 Å². The molecule has 1 aromatic rings. The fourth-order valence-electron chi connectivity index (χ4n) is 1.36. The third-order valence-corrected chi connectivity index (χ3v) is 2.84. The maximum atomic E-state index is 10.6. The molecule has 0 radical (unpaired) electrons. The number of carbonyl (C=O) groups is 1. The van der Waals surface area contributed by atoms with Crippen LogP contribution in [0, 0.1) is 0 Å². The number of hydrogen-bond acceptors (Lipinski definition) is 3. The SMILES string of the molecule is O=C(O)C(Br)Cc1ccc2c(c1)OCO2. The molecule has 1 unspecified atom stereocenters. The Bertz CT molecular complexity index is 391. The van der Waals surface area contributed by atoms with E-state index in [9.17, 15) is 4.79 Å². The molecule has 0 aliphatic carbocycles. The van der Waals surface area contributed by atoms with Crippen LogP contribution in [0.25, 0.3) is 0 Å². The molecular formula is C10H9BrO4. The average molecular weight is 273 g/mol. The van der Waals surface area contributed by atoms with Gasteiger partial charge in [0.05, 0.1) is 0 Å². The fourth-order valence-corrected chi connectivity index (χ4v) is 1.74. The van der Waals surface area contributed by atoms with Crippen LogP contribution in [-0.2, 0) is 11.2 Å². The maximum Gasteiger partial charge on any atom is 0.317 e. The van der Waals surface area contributed by atoms with E-state index in [0.29, 0.717) is 17.9 Å². The highest BCUT2D eigenvalue weighted by molar-refractivity contribution is 9.10. The van der Waals surface area contributed by atoms with Gasteiger partial charge in [-0.05, 0) is 24.1 Å². The zero-order chi connectivity index (χ0) is 10.8. The van der Waals surface area contributed by atoms with Gasteiger partial charge in [0.2, 0.25) is 6.79 Å². The zero-order valence-electron chi connectivity index (χ0n) is 7.77. The first-order valence-corrected chi connectivity index (χ1v) is 5.34. The molecule has 5 heteroatoms. The number of hydrogen-bond donors (Lipinski definition) is 1. The summed E-state index contributed by atoms with van der Waals surface area (Å²) < 4.78 is 10.4. The molecule has 1 aromatic carbocycles. The summed E-state index contributed by atoms with van der Waals surface area (Å²) in [7, 11) is 0. The normalized spacial score (nSPS) is 15.0. The Morgan fingerprint density at radius 3 is 2.93 bits per heavy atom. The van der Waals surface area contributed by atoms with Crippen LogP contribution >= 0.6 is 15.9 Å². The van der Waals surface area contributed by atoms with Gasteiger partial charge in [-0.3, -0.25) is 4.79 Å². The topological polar surface area (TPSA) is 55.8 Å². The van der Waals surface area contributed by atoms with Crippen molar-refractivity contribution in [3.8, 4) is 11.5 Å².